The fourth-order valence-electron chi connectivity index (χ4n) is 10.8. The molecule has 6 aliphatic rings. The zero-order valence-corrected chi connectivity index (χ0v) is 85.4. The van der Waals surface area contributed by atoms with Gasteiger partial charge in [-0.25, -0.2) is 0 Å². The summed E-state index contributed by atoms with van der Waals surface area (Å²) in [4.78, 5) is 0. The van der Waals surface area contributed by atoms with Gasteiger partial charge in [-0.3, -0.25) is 0 Å². The number of hydrogen-bond acceptors (Lipinski definition) is 24. The van der Waals surface area contributed by atoms with Crippen LogP contribution in [0, 0.1) is 0 Å². The summed E-state index contributed by atoms with van der Waals surface area (Å²) in [7, 11) is -42.9. The van der Waals surface area contributed by atoms with E-state index in [0.29, 0.717) is 0 Å². The van der Waals surface area contributed by atoms with Crippen LogP contribution >= 0.6 is 0 Å². The minimum absolute atomic E-state index is 1.45. The molecule has 0 spiro atoms. The molecule has 6 fully saturated rings. The molecular weight excluding hydrogens is 1500 g/mol. The molecule has 510 valence electrons. The van der Waals surface area contributed by atoms with Gasteiger partial charge in [0.25, 0.3) is 65.0 Å². The highest BCUT2D eigenvalue weighted by atomic mass is 28.5. The van der Waals surface area contributed by atoms with Crippen molar-refractivity contribution < 1.29 is 98.8 Å². The van der Waals surface area contributed by atoms with Crippen molar-refractivity contribution in [3.8, 4) is 0 Å². The Morgan fingerprint density at radius 3 is 0.400 bits per heavy atom. The lowest BCUT2D eigenvalue weighted by molar-refractivity contribution is 0.249. The maximum atomic E-state index is 6.09. The van der Waals surface area contributed by atoms with E-state index in [2.05, 4.69) is 183 Å². The van der Waals surface area contributed by atoms with Crippen LogP contribution in [0.3, 0.4) is 0 Å². The minimum atomic E-state index is -2.08. The van der Waals surface area contributed by atoms with E-state index in [1.807, 2.05) is 58.9 Å². The van der Waals surface area contributed by atoms with Crippen LogP contribution in [-0.2, 0) is 98.8 Å². The van der Waals surface area contributed by atoms with Crippen molar-refractivity contribution in [1.29, 1.82) is 0 Å². The quantitative estimate of drug-likeness (QED) is 0.210. The predicted octanol–water partition coefficient (Wildman–Crippen LogP) is 7.88. The summed E-state index contributed by atoms with van der Waals surface area (Å²) < 4.78 is 142. The zero-order chi connectivity index (χ0) is 66.8. The van der Waals surface area contributed by atoms with Crippen molar-refractivity contribution in [3.05, 3.63) is 0 Å². The zero-order valence-electron chi connectivity index (χ0n) is 59.6. The molecule has 0 aromatic rings. The summed E-state index contributed by atoms with van der Waals surface area (Å²) in [5, 5.41) is 0. The Hall–Kier alpha value is 4.25. The van der Waals surface area contributed by atoms with Crippen LogP contribution in [0.1, 0.15) is 0 Å². The Bertz CT molecular complexity index is 1760. The Labute approximate surface area is 549 Å². The molecule has 24 nitrogen and oxygen atoms in total. The summed E-state index contributed by atoms with van der Waals surface area (Å²) in [6.45, 7) is 76.2. The molecule has 6 atom stereocenters. The predicted molar refractivity (Wildman–Crippen MR) is 396 cm³/mol. The molecule has 6 rings (SSSR count). The van der Waals surface area contributed by atoms with Gasteiger partial charge < -0.3 is 98.8 Å². The summed E-state index contributed by atoms with van der Waals surface area (Å²) in [6, 6.07) is 0. The van der Waals surface area contributed by atoms with Gasteiger partial charge in [0.1, 0.15) is 0 Å². The summed E-state index contributed by atoms with van der Waals surface area (Å²) in [5.41, 5.74) is 0. The number of hydrogen-bond donors (Lipinski definition) is 0. The van der Waals surface area contributed by atoms with Crippen LogP contribution in [0.4, 0.5) is 0 Å². The van der Waals surface area contributed by atoms with E-state index in [-0.39, 0.29) is 0 Å². The second-order valence-electron chi connectivity index (χ2n) is 27.2. The lowest BCUT2D eigenvalue weighted by Gasteiger charge is -2.43. The Balaban J connectivity index is 0.000000510. The molecule has 0 bridgehead atoms. The van der Waals surface area contributed by atoms with Gasteiger partial charge in [0.2, 0.25) is 0 Å². The topological polar surface area (TPSA) is 222 Å². The lowest BCUT2D eigenvalue weighted by atomic mass is 11.9. The van der Waals surface area contributed by atoms with E-state index in [0.717, 1.165) is 0 Å². The van der Waals surface area contributed by atoms with Crippen LogP contribution in [0.5, 0.6) is 0 Å². The normalized spacial score (nSPS) is 35.5. The second-order valence-corrected chi connectivity index (χ2v) is 98.6. The Kier molecular flexibility index (Phi) is 35.6. The molecule has 6 unspecified atom stereocenters. The van der Waals surface area contributed by atoms with E-state index in [1.54, 1.807) is 0 Å². The molecule has 6 aliphatic heterocycles. The highest BCUT2D eigenvalue weighted by Crippen LogP contribution is 2.29. The van der Waals surface area contributed by atoms with Gasteiger partial charge in [-0.15, -0.1) is 0 Å². The first-order valence-corrected chi connectivity index (χ1v) is 89.5. The maximum absolute atomic E-state index is 6.09. The summed E-state index contributed by atoms with van der Waals surface area (Å²) >= 11 is 0. The van der Waals surface area contributed by atoms with Crippen LogP contribution in [-0.4, -0.2) is 213 Å². The SMILES string of the molecule is C[SiH]1O[SiH](C)O[Si](C)(C)O[SiH](C)O1.C[SiH]1O[SiH](C)O[Si](C)(C)O[Si](C)(C)O1.C[SiH]1O[SiH](C)O[Si](C)(C)O[Si](C)(C)O1.C[SiH]1O[Si](C)(C)O[SiH](C)O[Si](C)(C)O1.C[SiH]1O[Si](C)(C)O[Si](C)(C)O[Si](C)(C)O1.C[SiH]1O[Si](C)(C)O[Si](C)(C)O[Si](C)(C)O1. The molecular formula is C37H122O24Si24. The van der Waals surface area contributed by atoms with Crippen LogP contribution in [0.15, 0.2) is 0 Å². The van der Waals surface area contributed by atoms with Gasteiger partial charge in [-0.1, -0.05) is 0 Å². The van der Waals surface area contributed by atoms with Gasteiger partial charge >= 0.3 is 148 Å². The van der Waals surface area contributed by atoms with Gasteiger partial charge in [0.05, 0.1) is 0 Å². The van der Waals surface area contributed by atoms with Gasteiger partial charge in [-0.2, -0.15) is 0 Å². The van der Waals surface area contributed by atoms with Crippen molar-refractivity contribution in [1.82, 2.24) is 0 Å². The number of rotatable bonds is 0. The maximum Gasteiger partial charge on any atom is 0.314 e. The molecule has 6 saturated heterocycles. The standard InChI is InChI=1S/2C7H22O4Si4.3C6H20O4Si4.C5H18O4Si4/c2*1-12-8-13(2,3)10-15(6,7)11-14(4,5)9-12;1-11-7-13(3,4)9-12(2)10-14(5,6)8-11;2*1-11-7-12(2)9-14(5,6)10-13(3,4)8-11;1-10-6-11(2)8-13(4,5)9-12(3)7-10/h2*12H,1-7H3;3*11-12H,1-6H3;10-12H,1-5H3. The van der Waals surface area contributed by atoms with Crippen LogP contribution in [0.25, 0.3) is 0 Å². The van der Waals surface area contributed by atoms with E-state index in [1.165, 1.54) is 0 Å². The Morgan fingerprint density at radius 2 is 0.235 bits per heavy atom. The fraction of sp³-hybridized carbons (Fsp3) is 1.00. The largest absolute Gasteiger partial charge is 0.420 e. The molecule has 0 radical (unpaired) electrons. The molecule has 0 saturated carbocycles. The molecule has 0 N–H and O–H groups in total. The molecule has 0 aromatic carbocycles. The van der Waals surface area contributed by atoms with Crippen molar-refractivity contribution in [2.24, 2.45) is 0 Å². The van der Waals surface area contributed by atoms with Gasteiger partial charge in [0, 0.05) is 0 Å². The molecule has 6 heterocycles. The lowest BCUT2D eigenvalue weighted by Crippen LogP contribution is -2.60. The van der Waals surface area contributed by atoms with Crippen molar-refractivity contribution in [2.45, 2.75) is 242 Å². The van der Waals surface area contributed by atoms with Crippen molar-refractivity contribution in [2.75, 3.05) is 0 Å². The van der Waals surface area contributed by atoms with E-state index in [4.69, 9.17) is 98.8 Å². The first-order chi connectivity index (χ1) is 37.5. The molecule has 0 amide bonds. The summed E-state index contributed by atoms with van der Waals surface area (Å²) in [6.07, 6.45) is 0. The fourth-order valence-corrected chi connectivity index (χ4v) is 109. The monoisotopic (exact) mass is 1620 g/mol. The van der Waals surface area contributed by atoms with Gasteiger partial charge in [-0.05, 0) is 242 Å². The average molecular weight is 1630 g/mol. The van der Waals surface area contributed by atoms with Crippen molar-refractivity contribution in [3.63, 3.8) is 0 Å². The van der Waals surface area contributed by atoms with E-state index < -0.39 is 213 Å². The van der Waals surface area contributed by atoms with Crippen molar-refractivity contribution >= 4 is 213 Å². The minimum Gasteiger partial charge on any atom is -0.420 e. The third-order valence-corrected chi connectivity index (χ3v) is 97.0. The van der Waals surface area contributed by atoms with E-state index in [9.17, 15) is 0 Å². The summed E-state index contributed by atoms with van der Waals surface area (Å²) in [5.74, 6) is 0. The highest BCUT2D eigenvalue weighted by molar-refractivity contribution is 6.91. The first kappa shape index (κ1) is 87.3. The van der Waals surface area contributed by atoms with Crippen LogP contribution < -0.4 is 0 Å². The van der Waals surface area contributed by atoms with E-state index >= 15 is 0 Å². The smallest absolute Gasteiger partial charge is 0.314 e. The highest BCUT2D eigenvalue weighted by Gasteiger charge is 2.49. The molecule has 0 aromatic heterocycles. The third kappa shape index (κ3) is 41.2. The van der Waals surface area contributed by atoms with Crippen LogP contribution in [0.2, 0.25) is 242 Å². The third-order valence-electron chi connectivity index (χ3n) is 10.8. The average Bonchev–Trinajstić information content (AvgIpc) is 3.33. The van der Waals surface area contributed by atoms with Gasteiger partial charge in [0.15, 0.2) is 0 Å². The Morgan fingerprint density at radius 1 is 0.129 bits per heavy atom. The molecule has 0 aliphatic carbocycles. The second kappa shape index (κ2) is 34.6. The first-order valence-electron chi connectivity index (χ1n) is 29.8. The molecule has 48 heteroatoms. The molecule has 85 heavy (non-hydrogen) atoms.